The first kappa shape index (κ1) is 37.8. The maximum absolute atomic E-state index is 14.6. The third kappa shape index (κ3) is 9.44. The number of hydrogen-bond acceptors (Lipinski definition) is 11. The Kier molecular flexibility index (Phi) is 11.7. The van der Waals surface area contributed by atoms with E-state index in [2.05, 4.69) is 14.8 Å². The number of nitrogens with one attached hydrogen (secondary N) is 3. The standard InChI is InChI=1S/C33H44N6O11S/c34-33(35)38-13-1-2-24(31(38)45)36-29(43)27-16-20-7-10-22(41)17-26(20)39(27)32(46)25(14-18-3-8-21(40)9-4-18)37-30(44)28(42)15-19-5-11-23(12-6-19)50-51(47,48)49/h3-6,8-9,11-12,20,22,24-28,31,40-42,45H,1-2,7,10,13-17H2,(H3,34,35)(H,36,43)(H,37,44)(H,47,48,49)/t20-,22+,24+,25+,26-,27-,28+,31-/m0/s1. The predicted molar refractivity (Wildman–Crippen MR) is 180 cm³/mol. The summed E-state index contributed by atoms with van der Waals surface area (Å²) in [7, 11) is -4.75. The molecular formula is C33H44N6O11S. The Morgan fingerprint density at radius 3 is 2.27 bits per heavy atom. The van der Waals surface area contributed by atoms with Crippen LogP contribution in [0.5, 0.6) is 11.5 Å². The smallest absolute Gasteiger partial charge is 0.446 e. The van der Waals surface area contributed by atoms with Crippen LogP contribution in [0.15, 0.2) is 48.5 Å². The minimum atomic E-state index is -4.75. The van der Waals surface area contributed by atoms with Gasteiger partial charge in [0.25, 0.3) is 0 Å². The maximum Gasteiger partial charge on any atom is 0.446 e. The second-order valence-corrected chi connectivity index (χ2v) is 14.4. The average molecular weight is 733 g/mol. The maximum atomic E-state index is 14.6. The average Bonchev–Trinajstić information content (AvgIpc) is 3.44. The first-order valence-corrected chi connectivity index (χ1v) is 18.1. The molecular weight excluding hydrogens is 688 g/mol. The number of hydrogen-bond donors (Lipinski definition) is 9. The number of benzene rings is 2. The Labute approximate surface area is 294 Å². The number of piperidine rings is 1. The van der Waals surface area contributed by atoms with Crippen molar-refractivity contribution in [3.63, 3.8) is 0 Å². The molecule has 8 atom stereocenters. The van der Waals surface area contributed by atoms with Crippen molar-refractivity contribution in [2.75, 3.05) is 6.54 Å². The molecule has 2 heterocycles. The number of aliphatic hydroxyl groups excluding tert-OH is 3. The number of carbonyl (C=O) groups is 3. The number of guanidine groups is 1. The highest BCUT2D eigenvalue weighted by Crippen LogP contribution is 2.40. The van der Waals surface area contributed by atoms with E-state index in [4.69, 9.17) is 15.7 Å². The molecule has 1 saturated carbocycles. The number of carbonyl (C=O) groups excluding carboxylic acids is 3. The van der Waals surface area contributed by atoms with E-state index in [9.17, 15) is 43.2 Å². The summed E-state index contributed by atoms with van der Waals surface area (Å²) in [5, 5.41) is 55.4. The van der Waals surface area contributed by atoms with Crippen molar-refractivity contribution in [2.45, 2.75) is 94.0 Å². The number of likely N-dealkylation sites (tertiary alicyclic amines) is 2. The van der Waals surface area contributed by atoms with Crippen LogP contribution < -0.4 is 20.6 Å². The zero-order valence-corrected chi connectivity index (χ0v) is 28.5. The number of phenolic OH excluding ortho intramolecular Hbond substituents is 1. The normalized spacial score (nSPS) is 26.0. The summed E-state index contributed by atoms with van der Waals surface area (Å²) in [4.78, 5) is 44.6. The van der Waals surface area contributed by atoms with Gasteiger partial charge >= 0.3 is 10.4 Å². The Bertz CT molecular complexity index is 1690. The van der Waals surface area contributed by atoms with Crippen LogP contribution in [0.1, 0.15) is 49.7 Å². The van der Waals surface area contributed by atoms with Crippen LogP contribution in [-0.4, -0.2) is 116 Å². The van der Waals surface area contributed by atoms with E-state index in [0.717, 1.165) is 0 Å². The number of aliphatic hydroxyl groups is 3. The predicted octanol–water partition coefficient (Wildman–Crippen LogP) is -0.872. The monoisotopic (exact) mass is 732 g/mol. The van der Waals surface area contributed by atoms with Gasteiger partial charge in [0.05, 0.1) is 12.1 Å². The lowest BCUT2D eigenvalue weighted by atomic mass is 9.83. The molecule has 1 aliphatic carbocycles. The summed E-state index contributed by atoms with van der Waals surface area (Å²) >= 11 is 0. The molecule has 2 aromatic rings. The van der Waals surface area contributed by atoms with Gasteiger partial charge in [-0.15, -0.1) is 0 Å². The van der Waals surface area contributed by atoms with E-state index in [1.165, 1.54) is 46.2 Å². The summed E-state index contributed by atoms with van der Waals surface area (Å²) in [6.45, 7) is 0.344. The van der Waals surface area contributed by atoms with Gasteiger partial charge in [-0.25, -0.2) is 0 Å². The molecule has 5 rings (SSSR count). The molecule has 278 valence electrons. The lowest BCUT2D eigenvalue weighted by Gasteiger charge is -2.40. The van der Waals surface area contributed by atoms with Gasteiger partial charge in [0.1, 0.15) is 35.9 Å². The number of phenols is 1. The molecule has 17 nitrogen and oxygen atoms in total. The number of amides is 3. The summed E-state index contributed by atoms with van der Waals surface area (Å²) < 4.78 is 35.2. The minimum absolute atomic E-state index is 0.0161. The van der Waals surface area contributed by atoms with Crippen molar-refractivity contribution in [3.8, 4) is 11.5 Å². The summed E-state index contributed by atoms with van der Waals surface area (Å²) in [6.07, 6.45) is -1.40. The SMILES string of the molecule is N=C(N)N1CCC[C@@H](NC(=O)[C@@H]2C[C@@H]3CC[C@@H](O)C[C@@H]3N2C(=O)[C@@H](Cc2ccc(O)cc2)NC(=O)[C@H](O)Cc2ccc(OS(=O)(=O)O)cc2)[C@@H]1O. The van der Waals surface area contributed by atoms with Crippen molar-refractivity contribution < 1.29 is 52.0 Å². The largest absolute Gasteiger partial charge is 0.508 e. The molecule has 2 aliphatic heterocycles. The van der Waals surface area contributed by atoms with Gasteiger partial charge in [-0.05, 0) is 79.8 Å². The van der Waals surface area contributed by atoms with Gasteiger partial charge in [-0.1, -0.05) is 24.3 Å². The highest BCUT2D eigenvalue weighted by molar-refractivity contribution is 7.81. The minimum Gasteiger partial charge on any atom is -0.508 e. The van der Waals surface area contributed by atoms with E-state index < -0.39 is 70.7 Å². The van der Waals surface area contributed by atoms with Crippen molar-refractivity contribution in [3.05, 3.63) is 59.7 Å². The molecule has 0 radical (unpaired) electrons. The number of nitrogens with two attached hydrogens (primary N) is 1. The first-order chi connectivity index (χ1) is 24.1. The summed E-state index contributed by atoms with van der Waals surface area (Å²) in [5.41, 5.74) is 6.59. The molecule has 2 aromatic carbocycles. The van der Waals surface area contributed by atoms with E-state index >= 15 is 0 Å². The van der Waals surface area contributed by atoms with Gasteiger partial charge in [-0.3, -0.25) is 24.3 Å². The third-order valence-corrected chi connectivity index (χ3v) is 10.2. The lowest BCUT2D eigenvalue weighted by molar-refractivity contribution is -0.146. The van der Waals surface area contributed by atoms with Gasteiger partial charge in [0, 0.05) is 25.4 Å². The topological polar surface area (TPSA) is 276 Å². The van der Waals surface area contributed by atoms with Crippen LogP contribution in [0, 0.1) is 11.3 Å². The molecule has 3 aliphatic rings. The molecule has 0 unspecified atom stereocenters. The van der Waals surface area contributed by atoms with Crippen LogP contribution in [-0.2, 0) is 37.6 Å². The van der Waals surface area contributed by atoms with Crippen molar-refractivity contribution in [1.82, 2.24) is 20.4 Å². The molecule has 0 bridgehead atoms. The quantitative estimate of drug-likeness (QED) is 0.0773. The van der Waals surface area contributed by atoms with Gasteiger partial charge in [0.15, 0.2) is 5.96 Å². The fourth-order valence-electron chi connectivity index (χ4n) is 7.29. The number of nitrogens with zero attached hydrogens (tertiary/aromatic N) is 2. The molecule has 3 fully saturated rings. The molecule has 10 N–H and O–H groups in total. The van der Waals surface area contributed by atoms with Gasteiger partial charge < -0.3 is 50.8 Å². The number of rotatable bonds is 11. The van der Waals surface area contributed by atoms with E-state index in [-0.39, 0.29) is 49.1 Å². The van der Waals surface area contributed by atoms with Crippen molar-refractivity contribution >= 4 is 34.1 Å². The Morgan fingerprint density at radius 2 is 1.63 bits per heavy atom. The fraction of sp³-hybridized carbons (Fsp3) is 0.515. The van der Waals surface area contributed by atoms with E-state index in [1.54, 1.807) is 12.1 Å². The molecule has 51 heavy (non-hydrogen) atoms. The summed E-state index contributed by atoms with van der Waals surface area (Å²) in [6, 6.07) is 7.60. The van der Waals surface area contributed by atoms with Crippen molar-refractivity contribution in [1.29, 1.82) is 5.41 Å². The Balaban J connectivity index is 1.38. The fourth-order valence-corrected chi connectivity index (χ4v) is 7.64. The van der Waals surface area contributed by atoms with Crippen LogP contribution >= 0.6 is 0 Å². The van der Waals surface area contributed by atoms with Crippen LogP contribution in [0.3, 0.4) is 0 Å². The van der Waals surface area contributed by atoms with E-state index in [0.29, 0.717) is 43.4 Å². The van der Waals surface area contributed by atoms with E-state index in [1.807, 2.05) is 0 Å². The molecule has 0 spiro atoms. The van der Waals surface area contributed by atoms with Crippen molar-refractivity contribution in [2.24, 2.45) is 11.7 Å². The van der Waals surface area contributed by atoms with Crippen LogP contribution in [0.25, 0.3) is 0 Å². The Hall–Kier alpha value is -4.49. The zero-order chi connectivity index (χ0) is 37.0. The van der Waals surface area contributed by atoms with Crippen LogP contribution in [0.2, 0.25) is 0 Å². The summed E-state index contributed by atoms with van der Waals surface area (Å²) in [5.74, 6) is -2.72. The third-order valence-electron chi connectivity index (χ3n) is 9.78. The van der Waals surface area contributed by atoms with Crippen LogP contribution in [0.4, 0.5) is 0 Å². The second-order valence-electron chi connectivity index (χ2n) is 13.3. The number of fused-ring (bicyclic) bond motifs is 1. The lowest BCUT2D eigenvalue weighted by Crippen LogP contribution is -2.62. The van der Waals surface area contributed by atoms with Gasteiger partial charge in [-0.2, -0.15) is 8.42 Å². The zero-order valence-electron chi connectivity index (χ0n) is 27.7. The number of aromatic hydroxyl groups is 1. The molecule has 3 amide bonds. The Morgan fingerprint density at radius 1 is 0.980 bits per heavy atom. The van der Waals surface area contributed by atoms with Gasteiger partial charge in [0.2, 0.25) is 17.7 Å². The second kappa shape index (κ2) is 15.8. The molecule has 0 aromatic heterocycles. The highest BCUT2D eigenvalue weighted by atomic mass is 32.3. The molecule has 2 saturated heterocycles. The highest BCUT2D eigenvalue weighted by Gasteiger charge is 2.51. The first-order valence-electron chi connectivity index (χ1n) is 16.7. The molecule has 18 heteroatoms.